The molecule has 0 unspecified atom stereocenters. The molecule has 0 aliphatic carbocycles. The molecule has 3 aromatic rings. The van der Waals surface area contributed by atoms with Crippen LogP contribution in [0.4, 0.5) is 5.82 Å². The van der Waals surface area contributed by atoms with Crippen LogP contribution < -0.4 is 9.33 Å². The van der Waals surface area contributed by atoms with E-state index in [1.54, 1.807) is 24.3 Å². The van der Waals surface area contributed by atoms with Crippen LogP contribution in [0.15, 0.2) is 42.5 Å². The number of H-pyrrole nitrogens is 1. The number of benzene rings is 2. The molecule has 0 bridgehead atoms. The zero-order valence-electron chi connectivity index (χ0n) is 18.1. The number of carbonyl (C=O) groups is 2. The minimum absolute atomic E-state index is 0.0766. The molecule has 1 aliphatic heterocycles. The van der Waals surface area contributed by atoms with E-state index in [-0.39, 0.29) is 16.9 Å². The number of nitrogens with zero attached hydrogens (tertiary/aromatic N) is 2. The summed E-state index contributed by atoms with van der Waals surface area (Å²) in [5.41, 5.74) is 1.56. The summed E-state index contributed by atoms with van der Waals surface area (Å²) in [7, 11) is -2.06. The van der Waals surface area contributed by atoms with Crippen LogP contribution in [0, 0.1) is 0 Å². The molecule has 2 aromatic carbocycles. The van der Waals surface area contributed by atoms with Crippen molar-refractivity contribution >= 4 is 36.9 Å². The topological polar surface area (TPSA) is 75.3 Å². The highest BCUT2D eigenvalue weighted by Crippen LogP contribution is 2.43. The summed E-state index contributed by atoms with van der Waals surface area (Å²) in [4.78, 5) is 27.0. The van der Waals surface area contributed by atoms with Gasteiger partial charge in [0.25, 0.3) is 20.1 Å². The van der Waals surface area contributed by atoms with Gasteiger partial charge in [-0.2, -0.15) is 5.10 Å². The SMILES string of the molecule is CC[Si](CC)(Oc1ccc2[nH]nc(N3C(=O)c4ccccc4C3=O)c2c1)C(C)(C)C. The molecule has 156 valence electrons. The van der Waals surface area contributed by atoms with Crippen LogP contribution in [0.1, 0.15) is 55.3 Å². The Hall–Kier alpha value is -2.93. The molecular formula is C23H27N3O3Si. The average molecular weight is 422 g/mol. The van der Waals surface area contributed by atoms with Crippen LogP contribution in [0.25, 0.3) is 10.9 Å². The summed E-state index contributed by atoms with van der Waals surface area (Å²) in [6.07, 6.45) is 0. The normalized spacial score (nSPS) is 14.5. The molecule has 0 spiro atoms. The van der Waals surface area contributed by atoms with Crippen molar-refractivity contribution in [2.45, 2.75) is 51.7 Å². The van der Waals surface area contributed by atoms with Gasteiger partial charge in [0.2, 0.25) is 0 Å². The predicted molar refractivity (Wildman–Crippen MR) is 121 cm³/mol. The molecule has 0 saturated carbocycles. The Morgan fingerprint density at radius 3 is 2.13 bits per heavy atom. The van der Waals surface area contributed by atoms with Crippen molar-refractivity contribution in [3.05, 3.63) is 53.6 Å². The number of amides is 2. The van der Waals surface area contributed by atoms with E-state index in [0.717, 1.165) is 28.3 Å². The maximum Gasteiger partial charge on any atom is 0.267 e. The van der Waals surface area contributed by atoms with Gasteiger partial charge in [-0.15, -0.1) is 0 Å². The number of fused-ring (bicyclic) bond motifs is 2. The maximum atomic E-state index is 12.9. The van der Waals surface area contributed by atoms with Crippen LogP contribution in [-0.2, 0) is 0 Å². The van der Waals surface area contributed by atoms with Gasteiger partial charge in [-0.05, 0) is 47.5 Å². The van der Waals surface area contributed by atoms with Crippen molar-refractivity contribution in [3.63, 3.8) is 0 Å². The summed E-state index contributed by atoms with van der Waals surface area (Å²) in [5.74, 6) is 0.372. The third-order valence-corrected chi connectivity index (χ3v) is 12.0. The average Bonchev–Trinajstić information content (AvgIpc) is 3.24. The number of aromatic nitrogens is 2. The second-order valence-electron chi connectivity index (χ2n) is 8.80. The lowest BCUT2D eigenvalue weighted by Crippen LogP contribution is -2.48. The van der Waals surface area contributed by atoms with Gasteiger partial charge in [-0.1, -0.05) is 46.8 Å². The Kier molecular flexibility index (Phi) is 4.81. The fourth-order valence-electron chi connectivity index (χ4n) is 4.43. The number of nitrogens with one attached hydrogen (secondary N) is 1. The van der Waals surface area contributed by atoms with Crippen molar-refractivity contribution in [1.29, 1.82) is 0 Å². The molecule has 1 aliphatic rings. The molecule has 1 aromatic heterocycles. The number of carbonyl (C=O) groups excluding carboxylic acids is 2. The van der Waals surface area contributed by atoms with Gasteiger partial charge in [0.1, 0.15) is 5.75 Å². The highest BCUT2D eigenvalue weighted by molar-refractivity contribution is 6.77. The minimum atomic E-state index is -2.06. The van der Waals surface area contributed by atoms with Crippen molar-refractivity contribution < 1.29 is 14.0 Å². The number of aromatic amines is 1. The van der Waals surface area contributed by atoms with Crippen molar-refractivity contribution in [1.82, 2.24) is 10.2 Å². The summed E-state index contributed by atoms with van der Waals surface area (Å²) in [6, 6.07) is 14.6. The van der Waals surface area contributed by atoms with E-state index in [9.17, 15) is 9.59 Å². The predicted octanol–water partition coefficient (Wildman–Crippen LogP) is 5.53. The monoisotopic (exact) mass is 421 g/mol. The first kappa shape index (κ1) is 20.3. The number of anilines is 1. The molecule has 30 heavy (non-hydrogen) atoms. The zero-order chi connectivity index (χ0) is 21.7. The summed E-state index contributed by atoms with van der Waals surface area (Å²) >= 11 is 0. The minimum Gasteiger partial charge on any atom is -0.543 e. The Morgan fingerprint density at radius 1 is 1.00 bits per heavy atom. The third kappa shape index (κ3) is 2.96. The standard InChI is InChI=1S/C23H27N3O3Si/c1-6-30(7-2,23(3,4)5)29-15-12-13-19-18(14-15)20(25-24-19)26-21(27)16-10-8-9-11-17(16)22(26)28/h8-14H,6-7H2,1-5H3,(H,24,25). The fourth-order valence-corrected chi connectivity index (χ4v) is 8.22. The first-order valence-electron chi connectivity index (χ1n) is 10.4. The first-order chi connectivity index (χ1) is 14.2. The fraction of sp³-hybridized carbons (Fsp3) is 0.348. The molecule has 6 nitrogen and oxygen atoms in total. The quantitative estimate of drug-likeness (QED) is 0.434. The summed E-state index contributed by atoms with van der Waals surface area (Å²) < 4.78 is 6.68. The molecule has 7 heteroatoms. The Balaban J connectivity index is 1.77. The van der Waals surface area contributed by atoms with Gasteiger partial charge in [0.05, 0.1) is 16.6 Å². The number of hydrogen-bond donors (Lipinski definition) is 1. The van der Waals surface area contributed by atoms with Crippen LogP contribution in [0.2, 0.25) is 17.1 Å². The van der Waals surface area contributed by atoms with Gasteiger partial charge in [0.15, 0.2) is 5.82 Å². The first-order valence-corrected chi connectivity index (χ1v) is 12.7. The maximum absolute atomic E-state index is 12.9. The Morgan fingerprint density at radius 2 is 1.60 bits per heavy atom. The Labute approximate surface area is 177 Å². The van der Waals surface area contributed by atoms with Gasteiger partial charge < -0.3 is 4.43 Å². The summed E-state index contributed by atoms with van der Waals surface area (Å²) in [5, 5.41) is 8.02. The van der Waals surface area contributed by atoms with Gasteiger partial charge in [0, 0.05) is 5.39 Å². The van der Waals surface area contributed by atoms with E-state index in [0.29, 0.717) is 22.3 Å². The molecule has 0 radical (unpaired) electrons. The van der Waals surface area contributed by atoms with E-state index < -0.39 is 8.32 Å². The molecule has 0 saturated heterocycles. The second kappa shape index (κ2) is 7.09. The van der Waals surface area contributed by atoms with E-state index in [4.69, 9.17) is 4.43 Å². The zero-order valence-corrected chi connectivity index (χ0v) is 19.1. The number of rotatable bonds is 5. The summed E-state index contributed by atoms with van der Waals surface area (Å²) in [6.45, 7) is 11.1. The lowest BCUT2D eigenvalue weighted by molar-refractivity contribution is 0.0925. The number of hydrogen-bond acceptors (Lipinski definition) is 4. The van der Waals surface area contributed by atoms with E-state index in [1.165, 1.54) is 0 Å². The molecule has 2 amide bonds. The highest BCUT2D eigenvalue weighted by atomic mass is 28.4. The lowest BCUT2D eigenvalue weighted by Gasteiger charge is -2.41. The second-order valence-corrected chi connectivity index (χ2v) is 13.9. The van der Waals surface area contributed by atoms with Gasteiger partial charge in [-0.3, -0.25) is 14.7 Å². The third-order valence-electron chi connectivity index (χ3n) is 6.34. The van der Waals surface area contributed by atoms with E-state index in [1.807, 2.05) is 18.2 Å². The largest absolute Gasteiger partial charge is 0.543 e. The van der Waals surface area contributed by atoms with Crippen LogP contribution in [0.5, 0.6) is 5.75 Å². The van der Waals surface area contributed by atoms with Crippen molar-refractivity contribution in [2.75, 3.05) is 4.90 Å². The molecule has 0 atom stereocenters. The lowest BCUT2D eigenvalue weighted by atomic mass is 10.1. The smallest absolute Gasteiger partial charge is 0.267 e. The van der Waals surface area contributed by atoms with Crippen molar-refractivity contribution in [2.24, 2.45) is 0 Å². The van der Waals surface area contributed by atoms with E-state index >= 15 is 0 Å². The van der Waals surface area contributed by atoms with Gasteiger partial charge >= 0.3 is 0 Å². The molecular weight excluding hydrogens is 394 g/mol. The van der Waals surface area contributed by atoms with Crippen LogP contribution in [-0.4, -0.2) is 30.3 Å². The van der Waals surface area contributed by atoms with Crippen LogP contribution in [0.3, 0.4) is 0 Å². The Bertz CT molecular complexity index is 1110. The van der Waals surface area contributed by atoms with Crippen LogP contribution >= 0.6 is 0 Å². The molecule has 0 fully saturated rings. The van der Waals surface area contributed by atoms with Gasteiger partial charge in [-0.25, -0.2) is 4.90 Å². The number of imide groups is 1. The molecule has 2 heterocycles. The van der Waals surface area contributed by atoms with E-state index in [2.05, 4.69) is 44.8 Å². The highest BCUT2D eigenvalue weighted by Gasteiger charge is 2.45. The molecule has 1 N–H and O–H groups in total. The molecule has 4 rings (SSSR count). The van der Waals surface area contributed by atoms with Crippen molar-refractivity contribution in [3.8, 4) is 5.75 Å².